The maximum absolute atomic E-state index is 12.2. The lowest BCUT2D eigenvalue weighted by molar-refractivity contribution is 0.724. The van der Waals surface area contributed by atoms with Crippen LogP contribution in [0.4, 0.5) is 0 Å². The number of fused-ring (bicyclic) bond motifs is 1. The normalized spacial score (nSPS) is 10.8. The lowest BCUT2D eigenvalue weighted by Crippen LogP contribution is -2.20. The van der Waals surface area contributed by atoms with E-state index in [0.29, 0.717) is 17.8 Å². The average Bonchev–Trinajstić information content (AvgIpc) is 2.86. The molecule has 5 nitrogen and oxygen atoms in total. The molecule has 0 amide bonds. The molecule has 0 aliphatic heterocycles. The Morgan fingerprint density at radius 3 is 2.94 bits per heavy atom. The van der Waals surface area contributed by atoms with Gasteiger partial charge in [-0.15, -0.1) is 0 Å². The Morgan fingerprint density at radius 2 is 2.12 bits per heavy atom. The lowest BCUT2D eigenvalue weighted by Gasteiger charge is -2.04. The molecule has 2 aromatic heterocycles. The molecule has 17 heavy (non-hydrogen) atoms. The number of hydrogen-bond donors (Lipinski definition) is 1. The Kier molecular flexibility index (Phi) is 2.22. The van der Waals surface area contributed by atoms with Crippen molar-refractivity contribution < 1.29 is 0 Å². The molecule has 2 heterocycles. The zero-order valence-electron chi connectivity index (χ0n) is 9.00. The summed E-state index contributed by atoms with van der Waals surface area (Å²) in [5, 5.41) is 8.23. The molecule has 0 bridgehead atoms. The van der Waals surface area contributed by atoms with Crippen LogP contribution in [0.2, 0.25) is 0 Å². The third-order valence-electron chi connectivity index (χ3n) is 2.66. The minimum atomic E-state index is -0.0205. The van der Waals surface area contributed by atoms with E-state index in [1.165, 1.54) is 6.33 Å². The Bertz CT molecular complexity index is 700. The van der Waals surface area contributed by atoms with Crippen LogP contribution in [0, 0.1) is 0 Å². The highest BCUT2D eigenvalue weighted by atomic mass is 16.1. The van der Waals surface area contributed by atoms with Gasteiger partial charge in [0.2, 0.25) is 0 Å². The van der Waals surface area contributed by atoms with Gasteiger partial charge >= 0.3 is 0 Å². The number of H-pyrrole nitrogens is 1. The second kappa shape index (κ2) is 3.86. The van der Waals surface area contributed by atoms with Gasteiger partial charge in [0.1, 0.15) is 6.33 Å². The highest BCUT2D eigenvalue weighted by molar-refractivity contribution is 5.81. The number of pyridine rings is 1. The zero-order valence-corrected chi connectivity index (χ0v) is 9.00. The monoisotopic (exact) mass is 226 g/mol. The highest BCUT2D eigenvalue weighted by Gasteiger charge is 2.04. The predicted molar refractivity (Wildman–Crippen MR) is 63.7 cm³/mol. The highest BCUT2D eigenvalue weighted by Crippen LogP contribution is 2.08. The largest absolute Gasteiger partial charge is 0.307 e. The van der Waals surface area contributed by atoms with Crippen molar-refractivity contribution in [3.63, 3.8) is 0 Å². The van der Waals surface area contributed by atoms with Crippen LogP contribution in [0.1, 0.15) is 5.82 Å². The Hall–Kier alpha value is -2.43. The average molecular weight is 226 g/mol. The third kappa shape index (κ3) is 1.71. The first-order valence-electron chi connectivity index (χ1n) is 5.27. The van der Waals surface area contributed by atoms with Crippen molar-refractivity contribution in [3.8, 4) is 0 Å². The lowest BCUT2D eigenvalue weighted by atomic mass is 10.2. The van der Waals surface area contributed by atoms with E-state index >= 15 is 0 Å². The standard InChI is InChI=1S/C12H10N4O/c17-12-10-4-2-1-3-9(10)5-6-16(12)7-11-13-8-14-15-11/h1-6,8H,7H2,(H,13,14,15). The molecular weight excluding hydrogens is 216 g/mol. The summed E-state index contributed by atoms with van der Waals surface area (Å²) in [6.45, 7) is 0.382. The van der Waals surface area contributed by atoms with Gasteiger partial charge in [-0.3, -0.25) is 9.89 Å². The molecule has 84 valence electrons. The SMILES string of the molecule is O=c1c2ccccc2ccn1Cc1nc[nH]n1. The molecule has 3 rings (SSSR count). The fourth-order valence-electron chi connectivity index (χ4n) is 1.82. The van der Waals surface area contributed by atoms with E-state index in [1.54, 1.807) is 10.8 Å². The van der Waals surface area contributed by atoms with Crippen LogP contribution in [0.3, 0.4) is 0 Å². The summed E-state index contributed by atoms with van der Waals surface area (Å²) in [4.78, 5) is 16.2. The zero-order chi connectivity index (χ0) is 11.7. The summed E-state index contributed by atoms with van der Waals surface area (Å²) >= 11 is 0. The van der Waals surface area contributed by atoms with E-state index in [-0.39, 0.29) is 5.56 Å². The van der Waals surface area contributed by atoms with Crippen LogP contribution in [0.15, 0.2) is 47.7 Å². The summed E-state index contributed by atoms with van der Waals surface area (Å²) < 4.78 is 1.60. The summed E-state index contributed by atoms with van der Waals surface area (Å²) in [6.07, 6.45) is 3.27. The summed E-state index contributed by atoms with van der Waals surface area (Å²) in [5.74, 6) is 0.599. The third-order valence-corrected chi connectivity index (χ3v) is 2.66. The number of hydrogen-bond acceptors (Lipinski definition) is 3. The number of aromatic amines is 1. The topological polar surface area (TPSA) is 63.6 Å². The van der Waals surface area contributed by atoms with E-state index in [9.17, 15) is 4.79 Å². The van der Waals surface area contributed by atoms with E-state index < -0.39 is 0 Å². The molecule has 0 fully saturated rings. The molecule has 1 N–H and O–H groups in total. The number of aromatic nitrogens is 4. The van der Waals surface area contributed by atoms with Gasteiger partial charge < -0.3 is 4.57 Å². The van der Waals surface area contributed by atoms with E-state index in [1.807, 2.05) is 30.3 Å². The first-order valence-corrected chi connectivity index (χ1v) is 5.27. The van der Waals surface area contributed by atoms with Crippen LogP contribution >= 0.6 is 0 Å². The Balaban J connectivity index is 2.12. The van der Waals surface area contributed by atoms with Gasteiger partial charge in [0.25, 0.3) is 5.56 Å². The Labute approximate surface area is 96.7 Å². The van der Waals surface area contributed by atoms with Gasteiger partial charge in [-0.1, -0.05) is 18.2 Å². The van der Waals surface area contributed by atoms with Crippen LogP contribution in [0.25, 0.3) is 10.8 Å². The summed E-state index contributed by atoms with van der Waals surface area (Å²) in [5.41, 5.74) is -0.0205. The Morgan fingerprint density at radius 1 is 1.24 bits per heavy atom. The molecule has 0 atom stereocenters. The molecule has 0 aliphatic rings. The maximum atomic E-state index is 12.2. The second-order valence-corrected chi connectivity index (χ2v) is 3.75. The molecule has 0 spiro atoms. The number of rotatable bonds is 2. The molecule has 0 unspecified atom stereocenters. The smallest absolute Gasteiger partial charge is 0.258 e. The van der Waals surface area contributed by atoms with Crippen molar-refractivity contribution in [2.75, 3.05) is 0 Å². The van der Waals surface area contributed by atoms with E-state index in [4.69, 9.17) is 0 Å². The molecule has 3 aromatic rings. The van der Waals surface area contributed by atoms with Crippen molar-refractivity contribution in [1.82, 2.24) is 19.7 Å². The number of nitrogens with one attached hydrogen (secondary N) is 1. The quantitative estimate of drug-likeness (QED) is 0.713. The fraction of sp³-hybridized carbons (Fsp3) is 0.0833. The van der Waals surface area contributed by atoms with Gasteiger partial charge in [-0.05, 0) is 17.5 Å². The van der Waals surface area contributed by atoms with Gasteiger partial charge in [-0.25, -0.2) is 4.98 Å². The maximum Gasteiger partial charge on any atom is 0.258 e. The van der Waals surface area contributed by atoms with Crippen molar-refractivity contribution in [2.24, 2.45) is 0 Å². The second-order valence-electron chi connectivity index (χ2n) is 3.75. The molecule has 0 saturated carbocycles. The van der Waals surface area contributed by atoms with Gasteiger partial charge in [0.15, 0.2) is 5.82 Å². The van der Waals surface area contributed by atoms with E-state index in [2.05, 4.69) is 15.2 Å². The first-order chi connectivity index (χ1) is 8.34. The number of nitrogens with zero attached hydrogens (tertiary/aromatic N) is 3. The molecule has 0 aliphatic carbocycles. The summed E-state index contributed by atoms with van der Waals surface area (Å²) in [7, 11) is 0. The van der Waals surface area contributed by atoms with Crippen molar-refractivity contribution in [1.29, 1.82) is 0 Å². The van der Waals surface area contributed by atoms with Gasteiger partial charge in [0.05, 0.1) is 6.54 Å². The minimum absolute atomic E-state index is 0.0205. The predicted octanol–water partition coefficient (Wildman–Crippen LogP) is 1.17. The van der Waals surface area contributed by atoms with Crippen molar-refractivity contribution >= 4 is 10.8 Å². The first kappa shape index (κ1) is 9.77. The molecule has 0 saturated heterocycles. The minimum Gasteiger partial charge on any atom is -0.307 e. The molecular formula is C12H10N4O. The van der Waals surface area contributed by atoms with Crippen LogP contribution in [-0.4, -0.2) is 19.7 Å². The molecule has 1 aromatic carbocycles. The van der Waals surface area contributed by atoms with Crippen LogP contribution < -0.4 is 5.56 Å². The van der Waals surface area contributed by atoms with Gasteiger partial charge in [-0.2, -0.15) is 5.10 Å². The molecule has 5 heteroatoms. The summed E-state index contributed by atoms with van der Waals surface area (Å²) in [6, 6.07) is 9.45. The molecule has 0 radical (unpaired) electrons. The van der Waals surface area contributed by atoms with Crippen molar-refractivity contribution in [2.45, 2.75) is 6.54 Å². The van der Waals surface area contributed by atoms with Crippen molar-refractivity contribution in [3.05, 3.63) is 59.0 Å². The number of benzene rings is 1. The van der Waals surface area contributed by atoms with Crippen LogP contribution in [0.5, 0.6) is 0 Å². The van der Waals surface area contributed by atoms with E-state index in [0.717, 1.165) is 5.39 Å². The van der Waals surface area contributed by atoms with Gasteiger partial charge in [0, 0.05) is 11.6 Å². The fourth-order valence-corrected chi connectivity index (χ4v) is 1.82. The van der Waals surface area contributed by atoms with Crippen LogP contribution in [-0.2, 0) is 6.54 Å².